The average Bonchev–Trinajstić information content (AvgIpc) is 3.59. The molecule has 7 rings (SSSR count). The van der Waals surface area contributed by atoms with E-state index in [-0.39, 0.29) is 24.0 Å². The van der Waals surface area contributed by atoms with E-state index in [2.05, 4.69) is 34.9 Å². The Labute approximate surface area is 204 Å². The number of amides is 2. The Balaban J connectivity index is 1.07. The van der Waals surface area contributed by atoms with Crippen LogP contribution >= 0.6 is 0 Å². The first-order valence-electron chi connectivity index (χ1n) is 12.5. The summed E-state index contributed by atoms with van der Waals surface area (Å²) in [6.45, 7) is 0.277. The maximum atomic E-state index is 13.0. The lowest BCUT2D eigenvalue weighted by atomic mass is 9.57. The van der Waals surface area contributed by atoms with Gasteiger partial charge in [0.25, 0.3) is 0 Å². The Kier molecular flexibility index (Phi) is 4.95. The van der Waals surface area contributed by atoms with Crippen molar-refractivity contribution in [2.24, 2.45) is 5.41 Å². The van der Waals surface area contributed by atoms with Crippen molar-refractivity contribution in [2.75, 3.05) is 6.61 Å². The van der Waals surface area contributed by atoms with Crippen LogP contribution in [0, 0.1) is 5.41 Å². The molecule has 0 heterocycles. The van der Waals surface area contributed by atoms with Crippen LogP contribution in [0.5, 0.6) is 0 Å². The molecule has 0 aromatic heterocycles. The van der Waals surface area contributed by atoms with Crippen molar-refractivity contribution in [1.82, 2.24) is 10.6 Å². The highest BCUT2D eigenvalue weighted by Gasteiger charge is 2.58. The van der Waals surface area contributed by atoms with Gasteiger partial charge in [-0.1, -0.05) is 48.5 Å². The van der Waals surface area contributed by atoms with Crippen molar-refractivity contribution < 1.29 is 24.2 Å². The third-order valence-electron chi connectivity index (χ3n) is 8.95. The molecule has 0 aliphatic heterocycles. The minimum absolute atomic E-state index is 0.0173. The van der Waals surface area contributed by atoms with E-state index in [1.807, 2.05) is 24.3 Å². The fraction of sp³-hybridized carbons (Fsp3) is 0.464. The number of benzene rings is 2. The quantitative estimate of drug-likeness (QED) is 0.577. The Bertz CT molecular complexity index is 1150. The van der Waals surface area contributed by atoms with Crippen LogP contribution in [0.15, 0.2) is 48.5 Å². The monoisotopic (exact) mass is 474 g/mol. The largest absolute Gasteiger partial charge is 0.480 e. The topological polar surface area (TPSA) is 105 Å². The molecule has 4 fully saturated rings. The molecule has 0 unspecified atom stereocenters. The molecule has 0 radical (unpaired) electrons. The summed E-state index contributed by atoms with van der Waals surface area (Å²) in [5.41, 5.74) is 2.82. The van der Waals surface area contributed by atoms with Crippen LogP contribution in [0.4, 0.5) is 4.79 Å². The van der Waals surface area contributed by atoms with Gasteiger partial charge in [0.05, 0.1) is 0 Å². The molecule has 3 N–H and O–H groups in total. The molecule has 2 amide bonds. The first-order valence-corrected chi connectivity index (χ1v) is 12.5. The number of alkyl carbamates (subject to hydrolysis) is 1. The van der Waals surface area contributed by atoms with Gasteiger partial charge in [-0.2, -0.15) is 0 Å². The summed E-state index contributed by atoms with van der Waals surface area (Å²) in [5, 5.41) is 15.4. The lowest BCUT2D eigenvalue weighted by Crippen LogP contribution is -2.61. The van der Waals surface area contributed by atoms with Crippen molar-refractivity contribution in [3.8, 4) is 11.1 Å². The molecule has 7 nitrogen and oxygen atoms in total. The normalized spacial score (nSPS) is 27.4. The Hall–Kier alpha value is -3.35. The number of fused-ring (bicyclic) bond motifs is 6. The van der Waals surface area contributed by atoms with E-state index in [1.54, 1.807) is 0 Å². The molecule has 2 aromatic carbocycles. The molecule has 7 heteroatoms. The van der Waals surface area contributed by atoms with E-state index in [1.165, 1.54) is 22.3 Å². The van der Waals surface area contributed by atoms with Gasteiger partial charge >= 0.3 is 12.1 Å². The van der Waals surface area contributed by atoms with E-state index in [0.717, 1.165) is 0 Å². The van der Waals surface area contributed by atoms with Crippen LogP contribution in [0.2, 0.25) is 0 Å². The SMILES string of the molecule is O=C(NC12CCC(C(=O)NC3(C(=O)O)CC3)(CC1)CC2)OCC1c2ccccc2-c2ccccc21. The van der Waals surface area contributed by atoms with Gasteiger partial charge in [0.15, 0.2) is 0 Å². The predicted molar refractivity (Wildman–Crippen MR) is 129 cm³/mol. The fourth-order valence-corrected chi connectivity index (χ4v) is 6.43. The van der Waals surface area contributed by atoms with Crippen LogP contribution < -0.4 is 10.6 Å². The van der Waals surface area contributed by atoms with Gasteiger partial charge < -0.3 is 20.5 Å². The van der Waals surface area contributed by atoms with Crippen LogP contribution in [0.1, 0.15) is 68.4 Å². The Morgan fingerprint density at radius 3 is 1.86 bits per heavy atom. The zero-order valence-corrected chi connectivity index (χ0v) is 19.6. The van der Waals surface area contributed by atoms with Crippen LogP contribution in [0.25, 0.3) is 11.1 Å². The number of aliphatic carboxylic acids is 1. The van der Waals surface area contributed by atoms with Gasteiger partial charge in [-0.05, 0) is 73.6 Å². The number of hydrogen-bond donors (Lipinski definition) is 3. The molecular formula is C28H30N2O5. The molecule has 0 atom stereocenters. The molecule has 182 valence electrons. The molecular weight excluding hydrogens is 444 g/mol. The van der Waals surface area contributed by atoms with Crippen LogP contribution in [0.3, 0.4) is 0 Å². The first kappa shape index (κ1) is 22.1. The van der Waals surface area contributed by atoms with Gasteiger partial charge in [-0.15, -0.1) is 0 Å². The third kappa shape index (κ3) is 3.60. The summed E-state index contributed by atoms with van der Waals surface area (Å²) < 4.78 is 5.77. The summed E-state index contributed by atoms with van der Waals surface area (Å²) in [6, 6.07) is 16.5. The number of carbonyl (C=O) groups excluding carboxylic acids is 2. The minimum Gasteiger partial charge on any atom is -0.480 e. The van der Waals surface area contributed by atoms with Gasteiger partial charge in [0.2, 0.25) is 5.91 Å². The highest BCUT2D eigenvalue weighted by Crippen LogP contribution is 2.53. The number of carbonyl (C=O) groups is 3. The van der Waals surface area contributed by atoms with Gasteiger partial charge in [0, 0.05) is 16.9 Å². The fourth-order valence-electron chi connectivity index (χ4n) is 6.43. The van der Waals surface area contributed by atoms with Crippen molar-refractivity contribution in [1.29, 1.82) is 0 Å². The second-order valence-electron chi connectivity index (χ2n) is 10.9. The standard InChI is InChI=1S/C28H30N2O5/c31-23(29-28(15-16-28)24(32)33)26-9-12-27(13-10-26,14-11-26)30-25(34)35-17-22-20-7-3-1-5-18(20)19-6-2-4-8-21(19)22/h1-8,22H,9-17H2,(H,29,31)(H,30,34)(H,32,33). The number of rotatable bonds is 6. The van der Waals surface area contributed by atoms with Crippen molar-refractivity contribution in [3.05, 3.63) is 59.7 Å². The van der Waals surface area contributed by atoms with E-state index in [9.17, 15) is 19.5 Å². The minimum atomic E-state index is -1.06. The van der Waals surface area contributed by atoms with E-state index < -0.39 is 23.0 Å². The van der Waals surface area contributed by atoms with E-state index in [4.69, 9.17) is 4.74 Å². The highest BCUT2D eigenvalue weighted by atomic mass is 16.5. The Morgan fingerprint density at radius 2 is 1.34 bits per heavy atom. The summed E-state index contributed by atoms with van der Waals surface area (Å²) in [5.74, 6) is -1.06. The second kappa shape index (κ2) is 7.83. The van der Waals surface area contributed by atoms with E-state index in [0.29, 0.717) is 51.4 Å². The second-order valence-corrected chi connectivity index (χ2v) is 10.9. The summed E-state index contributed by atoms with van der Waals surface area (Å²) in [4.78, 5) is 37.4. The first-order chi connectivity index (χ1) is 16.9. The van der Waals surface area contributed by atoms with Crippen LogP contribution in [-0.2, 0) is 14.3 Å². The van der Waals surface area contributed by atoms with Crippen LogP contribution in [-0.4, -0.2) is 40.8 Å². The number of ether oxygens (including phenoxy) is 1. The van der Waals surface area contributed by atoms with Gasteiger partial charge in [0.1, 0.15) is 12.1 Å². The molecule has 4 saturated carbocycles. The molecule has 5 aliphatic rings. The van der Waals surface area contributed by atoms with Gasteiger partial charge in [-0.3, -0.25) is 4.79 Å². The van der Waals surface area contributed by atoms with E-state index >= 15 is 0 Å². The molecule has 0 spiro atoms. The zero-order chi connectivity index (χ0) is 24.3. The third-order valence-corrected chi connectivity index (χ3v) is 8.95. The van der Waals surface area contributed by atoms with Crippen molar-refractivity contribution in [3.63, 3.8) is 0 Å². The van der Waals surface area contributed by atoms with Gasteiger partial charge in [-0.25, -0.2) is 9.59 Å². The van der Waals surface area contributed by atoms with Crippen molar-refractivity contribution in [2.45, 2.75) is 68.4 Å². The summed E-state index contributed by atoms with van der Waals surface area (Å²) >= 11 is 0. The van der Waals surface area contributed by atoms with Crippen molar-refractivity contribution >= 4 is 18.0 Å². The molecule has 2 bridgehead atoms. The Morgan fingerprint density at radius 1 is 0.800 bits per heavy atom. The predicted octanol–water partition coefficient (Wildman–Crippen LogP) is 4.35. The lowest BCUT2D eigenvalue weighted by Gasteiger charge is -2.52. The smallest absolute Gasteiger partial charge is 0.407 e. The molecule has 2 aromatic rings. The number of carboxylic acid groups (broad SMARTS) is 1. The number of hydrogen-bond acceptors (Lipinski definition) is 4. The maximum absolute atomic E-state index is 13.0. The lowest BCUT2D eigenvalue weighted by molar-refractivity contribution is -0.148. The summed E-state index contributed by atoms with van der Waals surface area (Å²) in [7, 11) is 0. The molecule has 5 aliphatic carbocycles. The highest BCUT2D eigenvalue weighted by molar-refractivity contribution is 5.92. The molecule has 35 heavy (non-hydrogen) atoms. The number of carboxylic acids is 1. The number of nitrogens with one attached hydrogen (secondary N) is 2. The maximum Gasteiger partial charge on any atom is 0.407 e. The average molecular weight is 475 g/mol. The molecule has 0 saturated heterocycles. The zero-order valence-electron chi connectivity index (χ0n) is 19.6. The summed E-state index contributed by atoms with van der Waals surface area (Å²) in [6.07, 6.45) is 4.64.